The molecule has 0 saturated carbocycles. The first-order valence-corrected chi connectivity index (χ1v) is 5.91. The van der Waals surface area contributed by atoms with E-state index in [1.807, 2.05) is 0 Å². The Balaban J connectivity index is 1.63. The summed E-state index contributed by atoms with van der Waals surface area (Å²) in [6, 6.07) is 9.14. The maximum absolute atomic E-state index is 9.68. The molecule has 0 spiro atoms. The number of aliphatic hydroxyl groups is 1. The van der Waals surface area contributed by atoms with Crippen LogP contribution in [0.4, 0.5) is 0 Å². The fraction of sp³-hybridized carbons (Fsp3) is 0.538. The highest BCUT2D eigenvalue weighted by Gasteiger charge is 2.30. The molecule has 0 unspecified atom stereocenters. The van der Waals surface area contributed by atoms with Gasteiger partial charge in [-0.15, -0.1) is 0 Å². The number of benzene rings is 1. The van der Waals surface area contributed by atoms with Crippen molar-refractivity contribution in [2.75, 3.05) is 13.2 Å². The first kappa shape index (κ1) is 10.3. The molecule has 3 heteroatoms. The lowest BCUT2D eigenvalue weighted by molar-refractivity contribution is 0.121. The van der Waals surface area contributed by atoms with Crippen LogP contribution in [0.15, 0.2) is 24.3 Å². The van der Waals surface area contributed by atoms with Crippen molar-refractivity contribution < 1.29 is 9.84 Å². The molecule has 0 aromatic heterocycles. The summed E-state index contributed by atoms with van der Waals surface area (Å²) in [5, 5.41) is 13.2. The number of nitrogens with one attached hydrogen (secondary N) is 1. The number of rotatable bonds is 2. The Labute approximate surface area is 95.4 Å². The summed E-state index contributed by atoms with van der Waals surface area (Å²) in [6.07, 6.45) is 1.79. The predicted octanol–water partition coefficient (Wildman–Crippen LogP) is 0.503. The molecule has 2 atom stereocenters. The van der Waals surface area contributed by atoms with E-state index in [1.54, 1.807) is 0 Å². The second-order valence-corrected chi connectivity index (χ2v) is 4.75. The van der Waals surface area contributed by atoms with Crippen LogP contribution in [0.5, 0.6) is 0 Å². The summed E-state index contributed by atoms with van der Waals surface area (Å²) in [6.45, 7) is 1.10. The molecule has 1 heterocycles. The van der Waals surface area contributed by atoms with Gasteiger partial charge in [-0.3, -0.25) is 0 Å². The van der Waals surface area contributed by atoms with Gasteiger partial charge in [0.25, 0.3) is 0 Å². The fourth-order valence-electron chi connectivity index (χ4n) is 2.68. The van der Waals surface area contributed by atoms with Crippen LogP contribution in [0, 0.1) is 0 Å². The first-order chi connectivity index (χ1) is 7.83. The van der Waals surface area contributed by atoms with Crippen LogP contribution >= 0.6 is 0 Å². The van der Waals surface area contributed by atoms with E-state index in [0.29, 0.717) is 19.3 Å². The molecular formula is C13H17NO2. The summed E-state index contributed by atoms with van der Waals surface area (Å²) in [5.41, 5.74) is 2.88. The molecule has 3 rings (SSSR count). The standard InChI is InChI=1S/C13H17NO2/c15-13-8-16-7-12(13)14-11-5-9-3-1-2-4-10(9)6-11/h1-4,11-15H,5-8H2/t12-,13-/m1/s1. The average Bonchev–Trinajstić information content (AvgIpc) is 2.85. The molecule has 1 aliphatic heterocycles. The highest BCUT2D eigenvalue weighted by atomic mass is 16.5. The highest BCUT2D eigenvalue weighted by molar-refractivity contribution is 5.33. The molecule has 3 nitrogen and oxygen atoms in total. The summed E-state index contributed by atoms with van der Waals surface area (Å²) in [4.78, 5) is 0. The van der Waals surface area contributed by atoms with E-state index in [2.05, 4.69) is 29.6 Å². The van der Waals surface area contributed by atoms with Crippen molar-refractivity contribution in [3.8, 4) is 0 Å². The van der Waals surface area contributed by atoms with Gasteiger partial charge in [0, 0.05) is 6.04 Å². The van der Waals surface area contributed by atoms with Gasteiger partial charge in [-0.05, 0) is 24.0 Å². The second kappa shape index (κ2) is 4.17. The Morgan fingerprint density at radius 2 is 1.81 bits per heavy atom. The summed E-state index contributed by atoms with van der Waals surface area (Å²) < 4.78 is 5.24. The maximum Gasteiger partial charge on any atom is 0.0948 e. The lowest BCUT2D eigenvalue weighted by atomic mass is 10.1. The van der Waals surface area contributed by atoms with Crippen molar-refractivity contribution in [2.24, 2.45) is 0 Å². The number of fused-ring (bicyclic) bond motifs is 1. The Bertz CT molecular complexity index is 355. The van der Waals surface area contributed by atoms with E-state index in [1.165, 1.54) is 11.1 Å². The van der Waals surface area contributed by atoms with Crippen LogP contribution in [0.1, 0.15) is 11.1 Å². The van der Waals surface area contributed by atoms with Gasteiger partial charge in [0.15, 0.2) is 0 Å². The number of ether oxygens (including phenoxy) is 1. The monoisotopic (exact) mass is 219 g/mol. The summed E-state index contributed by atoms with van der Waals surface area (Å²) in [5.74, 6) is 0. The largest absolute Gasteiger partial charge is 0.389 e. The lowest BCUT2D eigenvalue weighted by Crippen LogP contribution is -2.45. The number of aliphatic hydroxyl groups excluding tert-OH is 1. The predicted molar refractivity (Wildman–Crippen MR) is 61.4 cm³/mol. The van der Waals surface area contributed by atoms with Crippen LogP contribution in [0.2, 0.25) is 0 Å². The van der Waals surface area contributed by atoms with Crippen LogP contribution in [-0.4, -0.2) is 36.5 Å². The number of hydrogen-bond donors (Lipinski definition) is 2. The minimum Gasteiger partial charge on any atom is -0.389 e. The third-order valence-corrected chi connectivity index (χ3v) is 3.55. The van der Waals surface area contributed by atoms with Gasteiger partial charge < -0.3 is 15.2 Å². The molecule has 0 bridgehead atoms. The van der Waals surface area contributed by atoms with E-state index in [9.17, 15) is 5.11 Å². The molecule has 1 aromatic carbocycles. The van der Waals surface area contributed by atoms with Crippen molar-refractivity contribution in [2.45, 2.75) is 31.0 Å². The quantitative estimate of drug-likeness (QED) is 0.761. The Morgan fingerprint density at radius 1 is 1.12 bits per heavy atom. The Hall–Kier alpha value is -0.900. The zero-order chi connectivity index (χ0) is 11.0. The van der Waals surface area contributed by atoms with Crippen molar-refractivity contribution >= 4 is 0 Å². The SMILES string of the molecule is O[C@@H]1COC[C@H]1NC1Cc2ccccc2C1. The van der Waals surface area contributed by atoms with Crippen molar-refractivity contribution in [3.05, 3.63) is 35.4 Å². The molecule has 86 valence electrons. The molecule has 1 aliphatic carbocycles. The molecule has 0 amide bonds. The van der Waals surface area contributed by atoms with E-state index < -0.39 is 0 Å². The average molecular weight is 219 g/mol. The molecule has 1 saturated heterocycles. The minimum atomic E-state index is -0.344. The molecule has 0 radical (unpaired) electrons. The minimum absolute atomic E-state index is 0.110. The second-order valence-electron chi connectivity index (χ2n) is 4.75. The molecule has 1 aromatic rings. The number of hydrogen-bond acceptors (Lipinski definition) is 3. The maximum atomic E-state index is 9.68. The van der Waals surface area contributed by atoms with Gasteiger partial charge in [0.1, 0.15) is 0 Å². The Kier molecular flexibility index (Phi) is 2.67. The lowest BCUT2D eigenvalue weighted by Gasteiger charge is -2.19. The fourth-order valence-corrected chi connectivity index (χ4v) is 2.68. The molecule has 16 heavy (non-hydrogen) atoms. The van der Waals surface area contributed by atoms with E-state index >= 15 is 0 Å². The smallest absolute Gasteiger partial charge is 0.0948 e. The summed E-state index contributed by atoms with van der Waals surface area (Å²) in [7, 11) is 0. The first-order valence-electron chi connectivity index (χ1n) is 5.91. The van der Waals surface area contributed by atoms with Crippen molar-refractivity contribution in [1.29, 1.82) is 0 Å². The van der Waals surface area contributed by atoms with Gasteiger partial charge in [0.05, 0.1) is 25.4 Å². The molecule has 2 N–H and O–H groups in total. The van der Waals surface area contributed by atoms with Gasteiger partial charge >= 0.3 is 0 Å². The van der Waals surface area contributed by atoms with E-state index in [-0.39, 0.29) is 12.1 Å². The zero-order valence-corrected chi connectivity index (χ0v) is 9.23. The van der Waals surface area contributed by atoms with Gasteiger partial charge in [0.2, 0.25) is 0 Å². The highest BCUT2D eigenvalue weighted by Crippen LogP contribution is 2.22. The van der Waals surface area contributed by atoms with Crippen molar-refractivity contribution in [3.63, 3.8) is 0 Å². The van der Waals surface area contributed by atoms with Crippen LogP contribution in [-0.2, 0) is 17.6 Å². The molecule has 1 fully saturated rings. The molecule has 2 aliphatic rings. The van der Waals surface area contributed by atoms with Gasteiger partial charge in [-0.2, -0.15) is 0 Å². The van der Waals surface area contributed by atoms with Gasteiger partial charge in [-0.25, -0.2) is 0 Å². The van der Waals surface area contributed by atoms with Crippen LogP contribution in [0.3, 0.4) is 0 Å². The zero-order valence-electron chi connectivity index (χ0n) is 9.23. The van der Waals surface area contributed by atoms with Crippen LogP contribution in [0.25, 0.3) is 0 Å². The topological polar surface area (TPSA) is 41.5 Å². The molecular weight excluding hydrogens is 202 g/mol. The third kappa shape index (κ3) is 1.86. The summed E-state index contributed by atoms with van der Waals surface area (Å²) >= 11 is 0. The van der Waals surface area contributed by atoms with Gasteiger partial charge in [-0.1, -0.05) is 24.3 Å². The third-order valence-electron chi connectivity index (χ3n) is 3.55. The Morgan fingerprint density at radius 3 is 2.38 bits per heavy atom. The van der Waals surface area contributed by atoms with E-state index in [4.69, 9.17) is 4.74 Å². The van der Waals surface area contributed by atoms with E-state index in [0.717, 1.165) is 12.8 Å². The van der Waals surface area contributed by atoms with Crippen molar-refractivity contribution in [1.82, 2.24) is 5.32 Å². The van der Waals surface area contributed by atoms with Crippen LogP contribution < -0.4 is 5.32 Å². The normalized spacial score (nSPS) is 29.6.